The molecule has 160 valence electrons. The van der Waals surface area contributed by atoms with Crippen LogP contribution < -0.4 is 19.5 Å². The molecule has 0 amide bonds. The van der Waals surface area contributed by atoms with E-state index in [9.17, 15) is 15.4 Å². The van der Waals surface area contributed by atoms with Crippen LogP contribution in [0, 0.1) is 5.21 Å². The second kappa shape index (κ2) is 8.95. The van der Waals surface area contributed by atoms with Crippen molar-refractivity contribution in [2.45, 2.75) is 25.0 Å². The molecule has 0 bridgehead atoms. The van der Waals surface area contributed by atoms with Crippen LogP contribution in [0.1, 0.15) is 22.8 Å². The van der Waals surface area contributed by atoms with Crippen molar-refractivity contribution >= 4 is 23.3 Å². The van der Waals surface area contributed by atoms with Crippen molar-refractivity contribution in [1.29, 1.82) is 0 Å². The van der Waals surface area contributed by atoms with Crippen molar-refractivity contribution in [3.8, 4) is 17.2 Å². The molecule has 1 aliphatic carbocycles. The molecule has 0 saturated heterocycles. The summed E-state index contributed by atoms with van der Waals surface area (Å²) in [5.74, 6) is 1.58. The first kappa shape index (κ1) is 22.0. The van der Waals surface area contributed by atoms with Crippen LogP contribution in [0.4, 0.5) is 0 Å². The van der Waals surface area contributed by atoms with Gasteiger partial charge in [0.05, 0.1) is 25.7 Å². The van der Waals surface area contributed by atoms with E-state index in [1.807, 2.05) is 12.1 Å². The van der Waals surface area contributed by atoms with Gasteiger partial charge in [0.15, 0.2) is 11.9 Å². The monoisotopic (exact) mass is 432 g/mol. The number of aliphatic hydroxyl groups excluding tert-OH is 1. The van der Waals surface area contributed by atoms with Crippen LogP contribution in [0.3, 0.4) is 0 Å². The number of phenolic OH excluding ortho intramolecular Hbond substituents is 1. The molecule has 3 N–H and O–H groups in total. The lowest BCUT2D eigenvalue weighted by molar-refractivity contribution is -0.577. The summed E-state index contributed by atoms with van der Waals surface area (Å²) in [5.41, 5.74) is 3.01. The molecule has 1 heterocycles. The summed E-state index contributed by atoms with van der Waals surface area (Å²) in [4.78, 5) is 0. The number of aromatic nitrogens is 1. The average Bonchev–Trinajstić information content (AvgIpc) is 3.16. The number of hydrogen-bond acceptors (Lipinski definition) is 6. The van der Waals surface area contributed by atoms with Crippen LogP contribution in [0.15, 0.2) is 42.6 Å². The van der Waals surface area contributed by atoms with Crippen LogP contribution in [0.2, 0.25) is 0 Å². The van der Waals surface area contributed by atoms with Crippen molar-refractivity contribution in [3.05, 3.63) is 64.5 Å². The van der Waals surface area contributed by atoms with Crippen molar-refractivity contribution in [2.75, 3.05) is 20.8 Å². The molecule has 4 rings (SSSR count). The molecule has 3 aromatic rings. The third kappa shape index (κ3) is 3.84. The fourth-order valence-corrected chi connectivity index (χ4v) is 4.18. The SMILES string of the molecule is COc1ccc(OC)c2c1CC(NCC(O)c1ccc(O)c3c1ccc[n+]3[O-])C2.Cl. The predicted molar refractivity (Wildman–Crippen MR) is 116 cm³/mol. The normalized spacial score (nSPS) is 14.2. The van der Waals surface area contributed by atoms with Gasteiger partial charge in [-0.25, -0.2) is 0 Å². The van der Waals surface area contributed by atoms with Gasteiger partial charge in [-0.1, -0.05) is 6.07 Å². The number of halogens is 1. The lowest BCUT2D eigenvalue weighted by Gasteiger charge is -2.18. The Bertz CT molecular complexity index is 1020. The number of nitrogens with one attached hydrogen (secondary N) is 1. The Morgan fingerprint density at radius 2 is 1.73 bits per heavy atom. The van der Waals surface area contributed by atoms with Gasteiger partial charge in [-0.2, -0.15) is 4.73 Å². The Balaban J connectivity index is 0.00000256. The van der Waals surface area contributed by atoms with Gasteiger partial charge in [0, 0.05) is 29.8 Å². The van der Waals surface area contributed by atoms with Crippen LogP contribution in [-0.4, -0.2) is 37.0 Å². The summed E-state index contributed by atoms with van der Waals surface area (Å²) in [6, 6.07) is 10.4. The highest BCUT2D eigenvalue weighted by atomic mass is 35.5. The molecule has 0 aliphatic heterocycles. The maximum Gasteiger partial charge on any atom is 0.266 e. The van der Waals surface area contributed by atoms with Gasteiger partial charge in [-0.15, -0.1) is 12.4 Å². The van der Waals surface area contributed by atoms with Gasteiger partial charge >= 0.3 is 0 Å². The van der Waals surface area contributed by atoms with Gasteiger partial charge in [-0.05, 0) is 42.7 Å². The van der Waals surface area contributed by atoms with Crippen LogP contribution in [-0.2, 0) is 12.8 Å². The summed E-state index contributed by atoms with van der Waals surface area (Å²) < 4.78 is 11.6. The number of aliphatic hydroxyl groups is 1. The summed E-state index contributed by atoms with van der Waals surface area (Å²) in [5, 5.41) is 36.8. The first-order valence-corrected chi connectivity index (χ1v) is 9.51. The van der Waals surface area contributed by atoms with Crippen molar-refractivity contribution in [1.82, 2.24) is 5.32 Å². The highest BCUT2D eigenvalue weighted by Crippen LogP contribution is 2.37. The van der Waals surface area contributed by atoms with Crippen molar-refractivity contribution in [3.63, 3.8) is 0 Å². The molecule has 30 heavy (non-hydrogen) atoms. The van der Waals surface area contributed by atoms with Crippen LogP contribution >= 0.6 is 12.4 Å². The number of methoxy groups -OCH3 is 2. The average molecular weight is 433 g/mol. The number of hydrogen-bond donors (Lipinski definition) is 3. The van der Waals surface area contributed by atoms with E-state index >= 15 is 0 Å². The number of aromatic hydroxyl groups is 1. The van der Waals surface area contributed by atoms with Crippen LogP contribution in [0.5, 0.6) is 17.2 Å². The molecule has 1 aliphatic rings. The summed E-state index contributed by atoms with van der Waals surface area (Å²) in [6.07, 6.45) is 2.05. The first-order chi connectivity index (χ1) is 14.0. The molecule has 1 unspecified atom stereocenters. The molecule has 7 nitrogen and oxygen atoms in total. The van der Waals surface area contributed by atoms with E-state index in [1.54, 1.807) is 32.4 Å². The smallest absolute Gasteiger partial charge is 0.266 e. The molecule has 0 radical (unpaired) electrons. The number of pyridine rings is 1. The van der Waals surface area contributed by atoms with E-state index in [1.165, 1.54) is 12.3 Å². The van der Waals surface area contributed by atoms with Gasteiger partial charge in [0.1, 0.15) is 11.5 Å². The number of benzene rings is 2. The third-order valence-electron chi connectivity index (χ3n) is 5.58. The predicted octanol–water partition coefficient (Wildman–Crippen LogP) is 2.41. The molecular formula is C22H25ClN2O5. The molecule has 0 saturated carbocycles. The Morgan fingerprint density at radius 3 is 2.33 bits per heavy atom. The van der Waals surface area contributed by atoms with E-state index in [0.29, 0.717) is 22.2 Å². The number of rotatable bonds is 6. The molecule has 1 atom stereocenters. The van der Waals surface area contributed by atoms with Gasteiger partial charge in [0.25, 0.3) is 5.52 Å². The molecule has 0 spiro atoms. The zero-order valence-corrected chi connectivity index (χ0v) is 17.6. The number of fused-ring (bicyclic) bond motifs is 2. The van der Waals surface area contributed by atoms with Gasteiger partial charge in [0.2, 0.25) is 0 Å². The summed E-state index contributed by atoms with van der Waals surface area (Å²) in [7, 11) is 3.32. The zero-order chi connectivity index (χ0) is 20.5. The molecule has 0 fully saturated rings. The Morgan fingerprint density at radius 1 is 1.10 bits per heavy atom. The standard InChI is InChI=1S/C22H24N2O5.ClH/c1-28-20-7-8-21(29-2)17-11-13(10-16(17)20)23-12-19(26)14-5-6-18(25)22-15(14)4-3-9-24(22)27;/h3-9,13,19,23,25-26H,10-12H2,1-2H3;1H. The van der Waals surface area contributed by atoms with Crippen molar-refractivity contribution < 1.29 is 24.4 Å². The molecular weight excluding hydrogens is 408 g/mol. The topological polar surface area (TPSA) is 97.9 Å². The van der Waals surface area contributed by atoms with Crippen molar-refractivity contribution in [2.24, 2.45) is 0 Å². The summed E-state index contributed by atoms with van der Waals surface area (Å²) >= 11 is 0. The van der Waals surface area contributed by atoms with Gasteiger partial charge in [-0.3, -0.25) is 0 Å². The molecule has 8 heteroatoms. The highest BCUT2D eigenvalue weighted by Gasteiger charge is 2.28. The van der Waals surface area contributed by atoms with E-state index in [4.69, 9.17) is 9.47 Å². The lowest BCUT2D eigenvalue weighted by atomic mass is 10.0. The largest absolute Gasteiger partial charge is 0.618 e. The Labute approximate surface area is 180 Å². The second-order valence-corrected chi connectivity index (χ2v) is 7.23. The zero-order valence-electron chi connectivity index (χ0n) is 16.8. The Kier molecular flexibility index (Phi) is 6.55. The van der Waals surface area contributed by atoms with E-state index < -0.39 is 6.10 Å². The van der Waals surface area contributed by atoms with E-state index in [0.717, 1.165) is 35.5 Å². The number of ether oxygens (including phenoxy) is 2. The number of nitrogens with zero attached hydrogens (tertiary/aromatic N) is 1. The minimum Gasteiger partial charge on any atom is -0.618 e. The molecule has 1 aromatic heterocycles. The minimum atomic E-state index is -0.826. The Hall–Kier alpha value is -2.74. The van der Waals surface area contributed by atoms with E-state index in [2.05, 4.69) is 5.32 Å². The van der Waals surface area contributed by atoms with Gasteiger partial charge < -0.3 is 30.2 Å². The summed E-state index contributed by atoms with van der Waals surface area (Å²) in [6.45, 7) is 0.316. The third-order valence-corrected chi connectivity index (χ3v) is 5.58. The first-order valence-electron chi connectivity index (χ1n) is 9.51. The maximum atomic E-state index is 12.0. The number of phenols is 1. The van der Waals surface area contributed by atoms with E-state index in [-0.39, 0.29) is 29.7 Å². The lowest BCUT2D eigenvalue weighted by Crippen LogP contribution is -2.33. The quantitative estimate of drug-likeness (QED) is 0.409. The molecule has 2 aromatic carbocycles. The fourth-order valence-electron chi connectivity index (χ4n) is 4.18. The fraction of sp³-hybridized carbons (Fsp3) is 0.318. The highest BCUT2D eigenvalue weighted by molar-refractivity contribution is 5.85. The minimum absolute atomic E-state index is 0. The van der Waals surface area contributed by atoms with Crippen LogP contribution in [0.25, 0.3) is 10.9 Å². The second-order valence-electron chi connectivity index (χ2n) is 7.23. The maximum absolute atomic E-state index is 12.0.